The number of hydrogen-bond acceptors (Lipinski definition) is 4. The fourth-order valence-electron chi connectivity index (χ4n) is 3.58. The molecule has 2 unspecified atom stereocenters. The van der Waals surface area contributed by atoms with E-state index in [4.69, 9.17) is 0 Å². The first-order chi connectivity index (χ1) is 12.8. The monoisotopic (exact) mass is 342 g/mol. The Hall–Kier alpha value is -3.21. The Morgan fingerprint density at radius 2 is 1.42 bits per heavy atom. The molecular weight excluding hydrogens is 327 g/mol. The molecule has 0 amide bonds. The quantitative estimate of drug-likeness (QED) is 0.550. The average Bonchev–Trinajstić information content (AvgIpc) is 3.50. The Morgan fingerprint density at radius 1 is 0.731 bits per heavy atom. The molecule has 1 fully saturated rings. The summed E-state index contributed by atoms with van der Waals surface area (Å²) in [6.45, 7) is 0. The van der Waals surface area contributed by atoms with Crippen LogP contribution in [0.1, 0.15) is 29.4 Å². The highest BCUT2D eigenvalue weighted by Gasteiger charge is 2.40. The van der Waals surface area contributed by atoms with Crippen molar-refractivity contribution in [2.24, 2.45) is 0 Å². The number of halogens is 1. The molecule has 0 aliphatic heterocycles. The number of rotatable bonds is 3. The average molecular weight is 342 g/mol. The SMILES string of the molecule is Fc1ccc(C2CC2c2cnc(-c3ncccn3)nc2)c2ccccc12. The topological polar surface area (TPSA) is 51.6 Å². The molecule has 1 aliphatic carbocycles. The third-order valence-electron chi connectivity index (χ3n) is 4.96. The predicted octanol–water partition coefficient (Wildman–Crippen LogP) is 4.50. The van der Waals surface area contributed by atoms with Gasteiger partial charge in [0.15, 0.2) is 11.6 Å². The molecule has 5 rings (SSSR count). The standard InChI is InChI=1S/C21H15FN4/c22-19-7-6-15(14-4-1-2-5-16(14)19)18-10-17(18)13-11-25-21(26-12-13)20-23-8-3-9-24-20/h1-9,11-12,17-18H,10H2. The van der Waals surface area contributed by atoms with Crippen LogP contribution >= 0.6 is 0 Å². The van der Waals surface area contributed by atoms with E-state index in [9.17, 15) is 4.39 Å². The number of fused-ring (bicyclic) bond motifs is 1. The van der Waals surface area contributed by atoms with Crippen LogP contribution in [-0.2, 0) is 0 Å². The molecule has 5 heteroatoms. The van der Waals surface area contributed by atoms with Crippen molar-refractivity contribution in [3.63, 3.8) is 0 Å². The summed E-state index contributed by atoms with van der Waals surface area (Å²) in [6.07, 6.45) is 8.09. The van der Waals surface area contributed by atoms with Crippen molar-refractivity contribution in [3.8, 4) is 11.6 Å². The fourth-order valence-corrected chi connectivity index (χ4v) is 3.58. The molecule has 2 aromatic carbocycles. The lowest BCUT2D eigenvalue weighted by Gasteiger charge is -2.07. The van der Waals surface area contributed by atoms with Crippen LogP contribution in [0.4, 0.5) is 4.39 Å². The summed E-state index contributed by atoms with van der Waals surface area (Å²) < 4.78 is 14.0. The van der Waals surface area contributed by atoms with Crippen LogP contribution in [0.25, 0.3) is 22.4 Å². The molecule has 0 radical (unpaired) electrons. The van der Waals surface area contributed by atoms with Crippen molar-refractivity contribution in [2.45, 2.75) is 18.3 Å². The van der Waals surface area contributed by atoms with Gasteiger partial charge in [0, 0.05) is 30.2 Å². The molecule has 4 aromatic rings. The summed E-state index contributed by atoms with van der Waals surface area (Å²) in [5, 5.41) is 1.68. The number of aromatic nitrogens is 4. The second-order valence-corrected chi connectivity index (χ2v) is 6.54. The Kier molecular flexibility index (Phi) is 3.45. The molecule has 0 bridgehead atoms. The second kappa shape index (κ2) is 5.95. The van der Waals surface area contributed by atoms with Gasteiger partial charge in [-0.1, -0.05) is 30.3 Å². The summed E-state index contributed by atoms with van der Waals surface area (Å²) in [7, 11) is 0. The van der Waals surface area contributed by atoms with Gasteiger partial charge >= 0.3 is 0 Å². The lowest BCUT2D eigenvalue weighted by atomic mass is 9.99. The third-order valence-corrected chi connectivity index (χ3v) is 4.96. The summed E-state index contributed by atoms with van der Waals surface area (Å²) in [6, 6.07) is 12.9. The van der Waals surface area contributed by atoms with Gasteiger partial charge in [-0.25, -0.2) is 24.3 Å². The maximum Gasteiger partial charge on any atom is 0.197 e. The Morgan fingerprint density at radius 3 is 2.19 bits per heavy atom. The van der Waals surface area contributed by atoms with Gasteiger partial charge in [-0.3, -0.25) is 0 Å². The van der Waals surface area contributed by atoms with Crippen LogP contribution < -0.4 is 0 Å². The first-order valence-electron chi connectivity index (χ1n) is 8.58. The lowest BCUT2D eigenvalue weighted by molar-refractivity contribution is 0.639. The maximum atomic E-state index is 14.0. The predicted molar refractivity (Wildman–Crippen MR) is 97.1 cm³/mol. The van der Waals surface area contributed by atoms with Gasteiger partial charge in [-0.15, -0.1) is 0 Å². The maximum absolute atomic E-state index is 14.0. The van der Waals surface area contributed by atoms with Gasteiger partial charge in [0.2, 0.25) is 0 Å². The molecular formula is C21H15FN4. The number of benzene rings is 2. The van der Waals surface area contributed by atoms with E-state index in [1.807, 2.05) is 42.7 Å². The number of hydrogen-bond donors (Lipinski definition) is 0. The van der Waals surface area contributed by atoms with E-state index in [1.165, 1.54) is 5.56 Å². The van der Waals surface area contributed by atoms with Crippen molar-refractivity contribution in [1.29, 1.82) is 0 Å². The molecule has 0 spiro atoms. The summed E-state index contributed by atoms with van der Waals surface area (Å²) in [5.41, 5.74) is 2.30. The zero-order chi connectivity index (χ0) is 17.5. The van der Waals surface area contributed by atoms with E-state index < -0.39 is 0 Å². The molecule has 1 saturated carbocycles. The smallest absolute Gasteiger partial charge is 0.197 e. The summed E-state index contributed by atoms with van der Waals surface area (Å²) in [5.74, 6) is 1.63. The minimum Gasteiger partial charge on any atom is -0.234 e. The highest BCUT2D eigenvalue weighted by Crippen LogP contribution is 2.55. The van der Waals surface area contributed by atoms with Gasteiger partial charge in [0.25, 0.3) is 0 Å². The van der Waals surface area contributed by atoms with Gasteiger partial charge in [-0.05, 0) is 46.9 Å². The molecule has 26 heavy (non-hydrogen) atoms. The van der Waals surface area contributed by atoms with Crippen LogP contribution in [-0.4, -0.2) is 19.9 Å². The minimum absolute atomic E-state index is 0.169. The van der Waals surface area contributed by atoms with E-state index in [-0.39, 0.29) is 5.82 Å². The Labute approximate surface area is 149 Å². The summed E-state index contributed by atoms with van der Waals surface area (Å²) >= 11 is 0. The fraction of sp³-hybridized carbons (Fsp3) is 0.143. The molecule has 4 nitrogen and oxygen atoms in total. The first kappa shape index (κ1) is 15.1. The Balaban J connectivity index is 1.44. The number of nitrogens with zero attached hydrogens (tertiary/aromatic N) is 4. The highest BCUT2D eigenvalue weighted by atomic mass is 19.1. The van der Waals surface area contributed by atoms with E-state index in [0.717, 1.165) is 17.4 Å². The van der Waals surface area contributed by atoms with Crippen molar-refractivity contribution in [3.05, 3.63) is 84.2 Å². The lowest BCUT2D eigenvalue weighted by Crippen LogP contribution is -1.96. The minimum atomic E-state index is -0.169. The zero-order valence-corrected chi connectivity index (χ0v) is 13.9. The molecule has 2 aromatic heterocycles. The Bertz CT molecular complexity index is 1080. The first-order valence-corrected chi connectivity index (χ1v) is 8.58. The van der Waals surface area contributed by atoms with Crippen molar-refractivity contribution in [1.82, 2.24) is 19.9 Å². The molecule has 126 valence electrons. The van der Waals surface area contributed by atoms with E-state index >= 15 is 0 Å². The van der Waals surface area contributed by atoms with Crippen molar-refractivity contribution >= 4 is 10.8 Å². The van der Waals surface area contributed by atoms with Gasteiger partial charge in [-0.2, -0.15) is 0 Å². The van der Waals surface area contributed by atoms with Crippen LogP contribution in [0.3, 0.4) is 0 Å². The van der Waals surface area contributed by atoms with Gasteiger partial charge in [0.1, 0.15) is 5.82 Å². The van der Waals surface area contributed by atoms with Crippen molar-refractivity contribution < 1.29 is 4.39 Å². The van der Waals surface area contributed by atoms with Gasteiger partial charge < -0.3 is 0 Å². The molecule has 2 atom stereocenters. The van der Waals surface area contributed by atoms with Crippen LogP contribution in [0.5, 0.6) is 0 Å². The van der Waals surface area contributed by atoms with Crippen LogP contribution in [0.15, 0.2) is 67.3 Å². The third kappa shape index (κ3) is 2.52. The van der Waals surface area contributed by atoms with E-state index in [0.29, 0.717) is 28.9 Å². The van der Waals surface area contributed by atoms with E-state index in [1.54, 1.807) is 24.5 Å². The molecule has 2 heterocycles. The van der Waals surface area contributed by atoms with Gasteiger partial charge in [0.05, 0.1) is 0 Å². The molecule has 0 saturated heterocycles. The van der Waals surface area contributed by atoms with Crippen molar-refractivity contribution in [2.75, 3.05) is 0 Å². The second-order valence-electron chi connectivity index (χ2n) is 6.54. The molecule has 1 aliphatic rings. The zero-order valence-electron chi connectivity index (χ0n) is 13.9. The molecule has 0 N–H and O–H groups in total. The highest BCUT2D eigenvalue weighted by molar-refractivity contribution is 5.87. The largest absolute Gasteiger partial charge is 0.234 e. The normalized spacial score (nSPS) is 18.8. The summed E-state index contributed by atoms with van der Waals surface area (Å²) in [4.78, 5) is 17.2. The van der Waals surface area contributed by atoms with E-state index in [2.05, 4.69) is 19.9 Å². The van der Waals surface area contributed by atoms with Crippen LogP contribution in [0.2, 0.25) is 0 Å². The van der Waals surface area contributed by atoms with Crippen LogP contribution in [0, 0.1) is 5.82 Å².